The van der Waals surface area contributed by atoms with Gasteiger partial charge in [0, 0.05) is 16.1 Å². The molecule has 1 amide bonds. The van der Waals surface area contributed by atoms with E-state index in [9.17, 15) is 13.6 Å². The van der Waals surface area contributed by atoms with Gasteiger partial charge in [0.2, 0.25) is 5.91 Å². The summed E-state index contributed by atoms with van der Waals surface area (Å²) in [5, 5.41) is 4.60. The molecule has 0 heterocycles. The third kappa shape index (κ3) is 6.02. The van der Waals surface area contributed by atoms with Gasteiger partial charge in [-0.2, -0.15) is 5.10 Å². The van der Waals surface area contributed by atoms with Crippen LogP contribution in [0.2, 0.25) is 10.0 Å². The van der Waals surface area contributed by atoms with Crippen LogP contribution in [0.25, 0.3) is 0 Å². The molecule has 0 bridgehead atoms. The van der Waals surface area contributed by atoms with Gasteiger partial charge < -0.3 is 4.74 Å². The van der Waals surface area contributed by atoms with Crippen LogP contribution in [0.1, 0.15) is 16.7 Å². The molecule has 0 fully saturated rings. The minimum Gasteiger partial charge on any atom is -0.488 e. The molecule has 154 valence electrons. The highest BCUT2D eigenvalue weighted by Crippen LogP contribution is 2.25. The van der Waals surface area contributed by atoms with Crippen molar-refractivity contribution in [1.82, 2.24) is 5.43 Å². The number of carbonyl (C=O) groups excluding carboxylic acids is 1. The van der Waals surface area contributed by atoms with Crippen molar-refractivity contribution < 1.29 is 18.3 Å². The first-order valence-corrected chi connectivity index (χ1v) is 9.59. The molecule has 0 aliphatic rings. The third-order valence-corrected chi connectivity index (χ3v) is 4.67. The lowest BCUT2D eigenvalue weighted by molar-refractivity contribution is -0.120. The van der Waals surface area contributed by atoms with Crippen LogP contribution in [-0.2, 0) is 17.8 Å². The molecular formula is C22H16Cl2F2N2O2. The standard InChI is InChI=1S/C22H16Cl2F2N2O2/c23-16-6-9-21(30-13-18-19(24)2-1-3-20(18)26)15(11-16)12-27-28-22(29)10-14-4-7-17(25)8-5-14/h1-9,11-12H,10,13H2,(H,28,29). The van der Waals surface area contributed by atoms with E-state index in [-0.39, 0.29) is 35.3 Å². The first kappa shape index (κ1) is 21.7. The lowest BCUT2D eigenvalue weighted by Gasteiger charge is -2.11. The number of benzene rings is 3. The Bertz CT molecular complexity index is 1050. The van der Waals surface area contributed by atoms with Crippen molar-refractivity contribution in [2.24, 2.45) is 5.10 Å². The first-order valence-electron chi connectivity index (χ1n) is 8.84. The summed E-state index contributed by atoms with van der Waals surface area (Å²) >= 11 is 12.0. The maximum atomic E-state index is 13.9. The molecule has 30 heavy (non-hydrogen) atoms. The smallest absolute Gasteiger partial charge is 0.244 e. The summed E-state index contributed by atoms with van der Waals surface area (Å²) in [5.74, 6) is -0.835. The second kappa shape index (κ2) is 10.2. The molecular weight excluding hydrogens is 433 g/mol. The van der Waals surface area contributed by atoms with Crippen molar-refractivity contribution >= 4 is 35.3 Å². The zero-order chi connectivity index (χ0) is 21.5. The van der Waals surface area contributed by atoms with E-state index < -0.39 is 5.82 Å². The van der Waals surface area contributed by atoms with Crippen LogP contribution < -0.4 is 10.2 Å². The molecule has 3 rings (SSSR count). The molecule has 0 aliphatic heterocycles. The van der Waals surface area contributed by atoms with Crippen molar-refractivity contribution in [1.29, 1.82) is 0 Å². The molecule has 4 nitrogen and oxygen atoms in total. The molecule has 0 aromatic heterocycles. The molecule has 0 atom stereocenters. The predicted molar refractivity (Wildman–Crippen MR) is 113 cm³/mol. The Morgan fingerprint density at radius 3 is 2.57 bits per heavy atom. The summed E-state index contributed by atoms with van der Waals surface area (Å²) < 4.78 is 32.5. The average Bonchev–Trinajstić information content (AvgIpc) is 2.71. The predicted octanol–water partition coefficient (Wildman–Crippen LogP) is 5.54. The fraction of sp³-hybridized carbons (Fsp3) is 0.0909. The van der Waals surface area contributed by atoms with Gasteiger partial charge in [-0.25, -0.2) is 14.2 Å². The minimum atomic E-state index is -0.472. The number of hydrogen-bond donors (Lipinski definition) is 1. The second-order valence-corrected chi connectivity index (χ2v) is 7.11. The van der Waals surface area contributed by atoms with Gasteiger partial charge in [-0.1, -0.05) is 41.4 Å². The molecule has 0 saturated heterocycles. The molecule has 0 unspecified atom stereocenters. The van der Waals surface area contributed by atoms with Gasteiger partial charge >= 0.3 is 0 Å². The normalized spacial score (nSPS) is 10.9. The maximum Gasteiger partial charge on any atom is 0.244 e. The number of halogens is 4. The van der Waals surface area contributed by atoms with E-state index in [1.807, 2.05) is 0 Å². The topological polar surface area (TPSA) is 50.7 Å². The summed E-state index contributed by atoms with van der Waals surface area (Å²) in [4.78, 5) is 12.0. The summed E-state index contributed by atoms with van der Waals surface area (Å²) in [6, 6.07) is 14.8. The average molecular weight is 449 g/mol. The van der Waals surface area contributed by atoms with Crippen LogP contribution in [0.5, 0.6) is 5.75 Å². The Labute approximate surface area is 182 Å². The largest absolute Gasteiger partial charge is 0.488 e. The number of nitrogens with one attached hydrogen (secondary N) is 1. The van der Waals surface area contributed by atoms with Crippen LogP contribution in [0.3, 0.4) is 0 Å². The van der Waals surface area contributed by atoms with E-state index >= 15 is 0 Å². The molecule has 0 saturated carbocycles. The van der Waals surface area contributed by atoms with Gasteiger partial charge in [0.15, 0.2) is 0 Å². The van der Waals surface area contributed by atoms with Crippen LogP contribution in [0, 0.1) is 11.6 Å². The van der Waals surface area contributed by atoms with Gasteiger partial charge in [0.1, 0.15) is 24.0 Å². The van der Waals surface area contributed by atoms with Gasteiger partial charge in [0.25, 0.3) is 0 Å². The lowest BCUT2D eigenvalue weighted by Crippen LogP contribution is -2.19. The zero-order valence-electron chi connectivity index (χ0n) is 15.5. The van der Waals surface area contributed by atoms with E-state index in [1.54, 1.807) is 24.3 Å². The SMILES string of the molecule is O=C(Cc1ccc(F)cc1)NN=Cc1cc(Cl)ccc1OCc1c(F)cccc1Cl. The van der Waals surface area contributed by atoms with Crippen LogP contribution in [0.15, 0.2) is 65.8 Å². The van der Waals surface area contributed by atoms with Crippen LogP contribution >= 0.6 is 23.2 Å². The number of carbonyl (C=O) groups is 1. The van der Waals surface area contributed by atoms with Gasteiger partial charge in [0.05, 0.1) is 17.7 Å². The third-order valence-electron chi connectivity index (χ3n) is 4.08. The monoisotopic (exact) mass is 448 g/mol. The summed E-state index contributed by atoms with van der Waals surface area (Å²) in [5.41, 5.74) is 3.75. The fourth-order valence-electron chi connectivity index (χ4n) is 2.57. The van der Waals surface area contributed by atoms with Crippen molar-refractivity contribution in [2.45, 2.75) is 13.0 Å². The highest BCUT2D eigenvalue weighted by atomic mass is 35.5. The lowest BCUT2D eigenvalue weighted by atomic mass is 10.1. The Kier molecular flexibility index (Phi) is 7.38. The fourth-order valence-corrected chi connectivity index (χ4v) is 2.97. The molecule has 1 N–H and O–H groups in total. The Morgan fingerprint density at radius 1 is 1.07 bits per heavy atom. The number of nitrogens with zero attached hydrogens (tertiary/aromatic N) is 1. The van der Waals surface area contributed by atoms with E-state index in [1.165, 1.54) is 42.6 Å². The quantitative estimate of drug-likeness (QED) is 0.380. The number of rotatable bonds is 7. The van der Waals surface area contributed by atoms with Gasteiger partial charge in [-0.05, 0) is 48.0 Å². The van der Waals surface area contributed by atoms with E-state index in [0.29, 0.717) is 21.9 Å². The Balaban J connectivity index is 1.65. The summed E-state index contributed by atoms with van der Waals surface area (Å²) in [6.07, 6.45) is 1.41. The molecule has 0 spiro atoms. The molecule has 3 aromatic carbocycles. The summed E-state index contributed by atoms with van der Waals surface area (Å²) in [6.45, 7) is -0.0924. The highest BCUT2D eigenvalue weighted by molar-refractivity contribution is 6.31. The zero-order valence-corrected chi connectivity index (χ0v) is 17.1. The molecule has 0 radical (unpaired) electrons. The van der Waals surface area contributed by atoms with E-state index in [4.69, 9.17) is 27.9 Å². The maximum absolute atomic E-state index is 13.9. The van der Waals surface area contributed by atoms with Crippen molar-refractivity contribution in [2.75, 3.05) is 0 Å². The van der Waals surface area contributed by atoms with Gasteiger partial charge in [-0.3, -0.25) is 4.79 Å². The molecule has 3 aromatic rings. The number of ether oxygens (including phenoxy) is 1. The summed E-state index contributed by atoms with van der Waals surface area (Å²) in [7, 11) is 0. The van der Waals surface area contributed by atoms with E-state index in [2.05, 4.69) is 10.5 Å². The van der Waals surface area contributed by atoms with Crippen LogP contribution in [-0.4, -0.2) is 12.1 Å². The number of amides is 1. The Morgan fingerprint density at radius 2 is 1.83 bits per heavy atom. The van der Waals surface area contributed by atoms with Crippen molar-refractivity contribution in [3.05, 3.63) is 99.0 Å². The minimum absolute atomic E-state index is 0.0440. The van der Waals surface area contributed by atoms with E-state index in [0.717, 1.165) is 0 Å². The highest BCUT2D eigenvalue weighted by Gasteiger charge is 2.10. The Hall–Kier alpha value is -2.96. The number of hydrogen-bond acceptors (Lipinski definition) is 3. The second-order valence-electron chi connectivity index (χ2n) is 6.27. The van der Waals surface area contributed by atoms with Gasteiger partial charge in [-0.15, -0.1) is 0 Å². The number of hydrazone groups is 1. The van der Waals surface area contributed by atoms with Crippen LogP contribution in [0.4, 0.5) is 8.78 Å². The molecule has 0 aliphatic carbocycles. The van der Waals surface area contributed by atoms with Crippen molar-refractivity contribution in [3.8, 4) is 5.75 Å². The first-order chi connectivity index (χ1) is 14.4. The van der Waals surface area contributed by atoms with Crippen molar-refractivity contribution in [3.63, 3.8) is 0 Å². The molecule has 8 heteroatoms.